The summed E-state index contributed by atoms with van der Waals surface area (Å²) < 4.78 is 6.96. The number of alkyl carbamates (subject to hydrolysis) is 1. The van der Waals surface area contributed by atoms with Gasteiger partial charge in [-0.1, -0.05) is 66.0 Å². The summed E-state index contributed by atoms with van der Waals surface area (Å²) in [7, 11) is 0. The fraction of sp³-hybridized carbons (Fsp3) is 0.167. The summed E-state index contributed by atoms with van der Waals surface area (Å²) in [4.78, 5) is 23.3. The molecule has 0 aliphatic heterocycles. The molecule has 0 radical (unpaired) electrons. The lowest BCUT2D eigenvalue weighted by Gasteiger charge is -2.18. The van der Waals surface area contributed by atoms with Gasteiger partial charge in [0.1, 0.15) is 17.1 Å². The van der Waals surface area contributed by atoms with E-state index in [2.05, 4.69) is 39.9 Å². The van der Waals surface area contributed by atoms with Crippen LogP contribution in [-0.2, 0) is 4.74 Å². The first-order chi connectivity index (χ1) is 16.4. The summed E-state index contributed by atoms with van der Waals surface area (Å²) in [5.74, 6) is -0.0459. The van der Waals surface area contributed by atoms with Crippen molar-refractivity contribution in [3.63, 3.8) is 0 Å². The van der Waals surface area contributed by atoms with Crippen molar-refractivity contribution in [3.05, 3.63) is 88.0 Å². The van der Waals surface area contributed by atoms with Crippen molar-refractivity contribution in [2.45, 2.75) is 18.9 Å². The highest BCUT2D eigenvalue weighted by atomic mass is 32.1. The highest BCUT2D eigenvalue weighted by Gasteiger charge is 2.29. The van der Waals surface area contributed by atoms with Crippen LogP contribution in [0.5, 0.6) is 0 Å². The largest absolute Gasteiger partial charge is 0.449 e. The number of benzene rings is 3. The Morgan fingerprint density at radius 1 is 1.15 bits per heavy atom. The average Bonchev–Trinajstić information content (AvgIpc) is 3.41. The molecule has 3 aromatic carbocycles. The van der Waals surface area contributed by atoms with E-state index < -0.39 is 17.1 Å². The molecule has 1 heterocycles. The number of hydrogen-bond donors (Lipinski definition) is 1. The maximum Gasteiger partial charge on any atom is 0.407 e. The predicted octanol–water partition coefficient (Wildman–Crippen LogP) is 4.44. The first-order valence-corrected chi connectivity index (χ1v) is 11.0. The molecule has 34 heavy (non-hydrogen) atoms. The standard InChI is InChI=1S/C24H19N5O4S/c1-14(23(34)28-22-11-10-15(29(31)32)12-21(22)26-27-28)25-24(30)33-13-20-18-8-4-2-6-16(18)17-7-3-5-9-19(17)20/h2-12,14,20H,13H2,1H3,(H,25,30)/t14-/m0/s1. The maximum atomic E-state index is 12.6. The Bertz CT molecular complexity index is 1400. The van der Waals surface area contributed by atoms with Crippen LogP contribution in [0.4, 0.5) is 10.5 Å². The number of fused-ring (bicyclic) bond motifs is 4. The first-order valence-electron chi connectivity index (χ1n) is 10.6. The number of nitro groups is 1. The fourth-order valence-electron chi connectivity index (χ4n) is 4.25. The third-order valence-corrected chi connectivity index (χ3v) is 6.42. The summed E-state index contributed by atoms with van der Waals surface area (Å²) in [6.07, 6.45) is -0.600. The molecule has 0 unspecified atom stereocenters. The minimum Gasteiger partial charge on any atom is -0.449 e. The molecule has 4 aromatic rings. The molecule has 5 rings (SSSR count). The van der Waals surface area contributed by atoms with Crippen LogP contribution in [0.3, 0.4) is 0 Å². The van der Waals surface area contributed by atoms with Crippen LogP contribution in [0.2, 0.25) is 0 Å². The van der Waals surface area contributed by atoms with E-state index in [4.69, 9.17) is 17.0 Å². The number of thiocarbonyl (C=S) groups is 1. The van der Waals surface area contributed by atoms with Gasteiger partial charge in [-0.25, -0.2) is 9.48 Å². The van der Waals surface area contributed by atoms with Crippen LogP contribution in [0.1, 0.15) is 24.0 Å². The number of nitro benzene ring substituents is 1. The lowest BCUT2D eigenvalue weighted by molar-refractivity contribution is -0.384. The Morgan fingerprint density at radius 2 is 1.79 bits per heavy atom. The van der Waals surface area contributed by atoms with Gasteiger partial charge in [0, 0.05) is 18.1 Å². The third-order valence-electron chi connectivity index (χ3n) is 5.90. The highest BCUT2D eigenvalue weighted by Crippen LogP contribution is 2.44. The molecule has 1 atom stereocenters. The number of nitrogens with zero attached hydrogens (tertiary/aromatic N) is 4. The second kappa shape index (κ2) is 8.64. The Labute approximate surface area is 199 Å². The van der Waals surface area contributed by atoms with E-state index in [0.717, 1.165) is 22.3 Å². The highest BCUT2D eigenvalue weighted by molar-refractivity contribution is 7.80. The summed E-state index contributed by atoms with van der Waals surface area (Å²) >= 11 is 5.48. The fourth-order valence-corrected chi connectivity index (χ4v) is 4.44. The summed E-state index contributed by atoms with van der Waals surface area (Å²) in [5, 5.41) is 21.7. The van der Waals surface area contributed by atoms with Gasteiger partial charge in [-0.15, -0.1) is 5.10 Å². The van der Waals surface area contributed by atoms with Crippen molar-refractivity contribution in [1.82, 2.24) is 20.3 Å². The molecule has 1 aliphatic rings. The van der Waals surface area contributed by atoms with Crippen molar-refractivity contribution in [2.24, 2.45) is 0 Å². The number of amides is 1. The van der Waals surface area contributed by atoms with E-state index in [9.17, 15) is 14.9 Å². The van der Waals surface area contributed by atoms with Gasteiger partial charge in [-0.3, -0.25) is 10.1 Å². The van der Waals surface area contributed by atoms with Crippen LogP contribution >= 0.6 is 12.2 Å². The molecular weight excluding hydrogens is 454 g/mol. The number of carbonyl (C=O) groups is 1. The maximum absolute atomic E-state index is 12.6. The van der Waals surface area contributed by atoms with E-state index in [1.807, 2.05) is 24.3 Å². The van der Waals surface area contributed by atoms with Crippen LogP contribution < -0.4 is 5.32 Å². The van der Waals surface area contributed by atoms with Gasteiger partial charge in [-0.05, 0) is 35.2 Å². The van der Waals surface area contributed by atoms with Crippen molar-refractivity contribution in [3.8, 4) is 11.1 Å². The summed E-state index contributed by atoms with van der Waals surface area (Å²) in [6.45, 7) is 1.90. The molecule has 1 N–H and O–H groups in total. The molecule has 0 spiro atoms. The molecule has 0 saturated carbocycles. The van der Waals surface area contributed by atoms with Gasteiger partial charge < -0.3 is 10.1 Å². The number of carbonyl (C=O) groups excluding carboxylic acids is 1. The molecule has 0 saturated heterocycles. The van der Waals surface area contributed by atoms with Crippen molar-refractivity contribution in [2.75, 3.05) is 6.61 Å². The Morgan fingerprint density at radius 3 is 2.44 bits per heavy atom. The minimum atomic E-state index is -0.600. The van der Waals surface area contributed by atoms with E-state index in [1.165, 1.54) is 22.9 Å². The SMILES string of the molecule is C[C@H](NC(=O)OCC1c2ccccc2-c2ccccc21)C(=S)n1nnc2cc([N+](=O)[O-])ccc21. The van der Waals surface area contributed by atoms with E-state index in [0.29, 0.717) is 11.0 Å². The quantitative estimate of drug-likeness (QED) is 0.259. The zero-order valence-electron chi connectivity index (χ0n) is 18.0. The van der Waals surface area contributed by atoms with Crippen LogP contribution in [0.25, 0.3) is 22.2 Å². The molecule has 1 amide bonds. The molecule has 170 valence electrons. The lowest BCUT2D eigenvalue weighted by atomic mass is 9.98. The minimum absolute atomic E-state index is 0.0459. The Balaban J connectivity index is 1.26. The van der Waals surface area contributed by atoms with Gasteiger partial charge in [0.25, 0.3) is 5.69 Å². The first kappa shape index (κ1) is 21.7. The normalized spacial score (nSPS) is 13.2. The Kier molecular flexibility index (Phi) is 5.50. The number of rotatable bonds is 5. The Hall–Kier alpha value is -4.18. The second-order valence-corrected chi connectivity index (χ2v) is 8.38. The van der Waals surface area contributed by atoms with Crippen molar-refractivity contribution >= 4 is 40.0 Å². The van der Waals surface area contributed by atoms with Gasteiger partial charge in [0.15, 0.2) is 0 Å². The molecule has 10 heteroatoms. The second-order valence-electron chi connectivity index (χ2n) is 7.96. The molecule has 0 bridgehead atoms. The molecule has 0 fully saturated rings. The smallest absolute Gasteiger partial charge is 0.407 e. The summed E-state index contributed by atoms with van der Waals surface area (Å²) in [6, 6.07) is 19.8. The lowest BCUT2D eigenvalue weighted by Crippen LogP contribution is -2.41. The topological polar surface area (TPSA) is 112 Å². The van der Waals surface area contributed by atoms with Gasteiger partial charge in [-0.2, -0.15) is 0 Å². The number of ether oxygens (including phenoxy) is 1. The van der Waals surface area contributed by atoms with E-state index >= 15 is 0 Å². The van der Waals surface area contributed by atoms with Gasteiger partial charge >= 0.3 is 6.09 Å². The van der Waals surface area contributed by atoms with Crippen molar-refractivity contribution < 1.29 is 14.5 Å². The average molecular weight is 474 g/mol. The zero-order chi connectivity index (χ0) is 23.8. The number of nitrogens with one attached hydrogen (secondary N) is 1. The number of aromatic nitrogens is 3. The molecule has 9 nitrogen and oxygen atoms in total. The number of non-ortho nitro benzene ring substituents is 1. The van der Waals surface area contributed by atoms with Crippen molar-refractivity contribution in [1.29, 1.82) is 0 Å². The van der Waals surface area contributed by atoms with E-state index in [1.54, 1.807) is 6.92 Å². The van der Waals surface area contributed by atoms with E-state index in [-0.39, 0.29) is 23.2 Å². The van der Waals surface area contributed by atoms with Crippen LogP contribution in [0, 0.1) is 10.1 Å². The van der Waals surface area contributed by atoms with Crippen LogP contribution in [-0.4, -0.2) is 43.6 Å². The third kappa shape index (κ3) is 3.77. The number of hydrogen-bond acceptors (Lipinski definition) is 7. The van der Waals surface area contributed by atoms with Gasteiger partial charge in [0.2, 0.25) is 0 Å². The van der Waals surface area contributed by atoms with Crippen LogP contribution in [0.15, 0.2) is 66.7 Å². The van der Waals surface area contributed by atoms with Gasteiger partial charge in [0.05, 0.1) is 16.5 Å². The molecule has 1 aliphatic carbocycles. The predicted molar refractivity (Wildman–Crippen MR) is 130 cm³/mol. The zero-order valence-corrected chi connectivity index (χ0v) is 18.9. The monoisotopic (exact) mass is 473 g/mol. The molecular formula is C24H19N5O4S. The molecule has 1 aromatic heterocycles. The summed E-state index contributed by atoms with van der Waals surface area (Å²) in [5.41, 5.74) is 5.32.